The Labute approximate surface area is 169 Å². The summed E-state index contributed by atoms with van der Waals surface area (Å²) in [6.07, 6.45) is 2.66. The van der Waals surface area contributed by atoms with Crippen LogP contribution in [-0.4, -0.2) is 20.9 Å². The molecule has 0 bridgehead atoms. The number of fused-ring (bicyclic) bond motifs is 1. The summed E-state index contributed by atoms with van der Waals surface area (Å²) in [4.78, 5) is 24.8. The first kappa shape index (κ1) is 19.2. The van der Waals surface area contributed by atoms with E-state index in [1.807, 2.05) is 18.7 Å². The maximum atomic E-state index is 13.6. The predicted molar refractivity (Wildman–Crippen MR) is 110 cm³/mol. The minimum atomic E-state index is -0.461. The van der Waals surface area contributed by atoms with Crippen molar-refractivity contribution in [3.63, 3.8) is 0 Å². The van der Waals surface area contributed by atoms with Crippen molar-refractivity contribution in [1.29, 1.82) is 0 Å². The normalized spacial score (nSPS) is 11.2. The van der Waals surface area contributed by atoms with Gasteiger partial charge in [0.25, 0.3) is 5.56 Å². The van der Waals surface area contributed by atoms with Crippen LogP contribution in [0.2, 0.25) is 0 Å². The van der Waals surface area contributed by atoms with Crippen molar-refractivity contribution in [2.75, 3.05) is 11.4 Å². The van der Waals surface area contributed by atoms with Crippen molar-refractivity contribution < 1.29 is 8.78 Å². The average molecular weight is 412 g/mol. The van der Waals surface area contributed by atoms with E-state index in [0.29, 0.717) is 35.0 Å². The van der Waals surface area contributed by atoms with Crippen LogP contribution in [0.4, 0.5) is 14.5 Å². The second-order valence-corrected chi connectivity index (χ2v) is 7.77. The highest BCUT2D eigenvalue weighted by atomic mass is 32.1. The molecule has 5 nitrogen and oxygen atoms in total. The van der Waals surface area contributed by atoms with Crippen molar-refractivity contribution in [3.8, 4) is 11.3 Å². The van der Waals surface area contributed by atoms with Crippen LogP contribution in [0, 0.1) is 18.6 Å². The Morgan fingerprint density at radius 1 is 1.10 bits per heavy atom. The number of aryl methyl sites for hydroxylation is 1. The topological polar surface area (TPSA) is 50.5 Å². The Balaban J connectivity index is 1.75. The molecule has 0 radical (unpaired) electrons. The van der Waals surface area contributed by atoms with E-state index in [-0.39, 0.29) is 11.4 Å². The first-order valence-electron chi connectivity index (χ1n) is 9.09. The van der Waals surface area contributed by atoms with Gasteiger partial charge in [-0.05, 0) is 44.2 Å². The van der Waals surface area contributed by atoms with Crippen LogP contribution in [0.3, 0.4) is 0 Å². The van der Waals surface area contributed by atoms with E-state index >= 15 is 0 Å². The molecule has 0 unspecified atom stereocenters. The number of hydrogen-bond donors (Lipinski definition) is 0. The Hall–Kier alpha value is -3.13. The third kappa shape index (κ3) is 3.75. The number of rotatable bonds is 5. The van der Waals surface area contributed by atoms with Crippen LogP contribution >= 0.6 is 11.3 Å². The maximum Gasteiger partial charge on any atom is 0.259 e. The van der Waals surface area contributed by atoms with Gasteiger partial charge >= 0.3 is 0 Å². The average Bonchev–Trinajstić information content (AvgIpc) is 3.03. The summed E-state index contributed by atoms with van der Waals surface area (Å²) in [5.41, 5.74) is 2.37. The van der Waals surface area contributed by atoms with Gasteiger partial charge < -0.3 is 4.90 Å². The zero-order chi connectivity index (χ0) is 20.5. The van der Waals surface area contributed by atoms with Crippen LogP contribution in [0.15, 0.2) is 53.6 Å². The second kappa shape index (κ2) is 7.71. The number of halogens is 2. The molecule has 8 heteroatoms. The van der Waals surface area contributed by atoms with Crippen LogP contribution in [0.1, 0.15) is 17.5 Å². The van der Waals surface area contributed by atoms with Gasteiger partial charge in [-0.15, -0.1) is 11.3 Å². The molecule has 148 valence electrons. The lowest BCUT2D eigenvalue weighted by atomic mass is 10.2. The molecule has 0 amide bonds. The molecular formula is C21H18F2N4OS. The van der Waals surface area contributed by atoms with Gasteiger partial charge in [0, 0.05) is 34.9 Å². The van der Waals surface area contributed by atoms with Crippen molar-refractivity contribution in [3.05, 3.63) is 81.4 Å². The highest BCUT2D eigenvalue weighted by molar-refractivity contribution is 7.17. The predicted octanol–water partition coefficient (Wildman–Crippen LogP) is 4.43. The number of aromatic nitrogens is 3. The quantitative estimate of drug-likeness (QED) is 0.487. The third-order valence-electron chi connectivity index (χ3n) is 4.65. The van der Waals surface area contributed by atoms with Crippen LogP contribution < -0.4 is 10.5 Å². The summed E-state index contributed by atoms with van der Waals surface area (Å²) in [6, 6.07) is 9.07. The van der Waals surface area contributed by atoms with Crippen molar-refractivity contribution in [2.45, 2.75) is 20.4 Å². The molecule has 29 heavy (non-hydrogen) atoms. The number of benzene rings is 1. The molecule has 4 aromatic rings. The molecule has 1 aromatic carbocycles. The fraction of sp³-hybridized carbons (Fsp3) is 0.190. The Morgan fingerprint density at radius 2 is 1.86 bits per heavy atom. The van der Waals surface area contributed by atoms with E-state index in [2.05, 4.69) is 9.97 Å². The Morgan fingerprint density at radius 3 is 2.55 bits per heavy atom. The lowest BCUT2D eigenvalue weighted by Crippen LogP contribution is -2.24. The minimum Gasteiger partial charge on any atom is -0.366 e. The lowest BCUT2D eigenvalue weighted by molar-refractivity contribution is 0.622. The SMILES string of the molecule is CCN(Cc1cc(=O)n2c(-c3cncc(F)c3)c(C)sc2n1)c1ccc(F)cc1. The van der Waals surface area contributed by atoms with Crippen molar-refractivity contribution >= 4 is 22.0 Å². The van der Waals surface area contributed by atoms with E-state index in [4.69, 9.17) is 0 Å². The summed E-state index contributed by atoms with van der Waals surface area (Å²) in [5.74, 6) is -0.757. The van der Waals surface area contributed by atoms with E-state index in [1.165, 1.54) is 46.2 Å². The molecule has 0 saturated carbocycles. The van der Waals surface area contributed by atoms with Gasteiger partial charge in [0.2, 0.25) is 0 Å². The number of pyridine rings is 1. The standard InChI is InChI=1S/C21H18F2N4OS/c1-3-26(18-6-4-15(22)5-7-18)12-17-9-19(28)27-20(13(2)29-21(27)25-17)14-8-16(23)11-24-10-14/h4-11H,3,12H2,1-2H3. The molecule has 3 aromatic heterocycles. The van der Waals surface area contributed by atoms with Crippen LogP contribution in [0.25, 0.3) is 16.2 Å². The first-order chi connectivity index (χ1) is 14.0. The number of hydrogen-bond acceptors (Lipinski definition) is 5. The molecule has 0 fully saturated rings. The fourth-order valence-electron chi connectivity index (χ4n) is 3.31. The summed E-state index contributed by atoms with van der Waals surface area (Å²) in [6.45, 7) is 4.95. The highest BCUT2D eigenvalue weighted by Crippen LogP contribution is 2.29. The number of thiazole rings is 1. The molecule has 0 atom stereocenters. The molecule has 4 rings (SSSR count). The fourth-order valence-corrected chi connectivity index (χ4v) is 4.33. The molecule has 0 aliphatic rings. The van der Waals surface area contributed by atoms with Gasteiger partial charge in [0.05, 0.1) is 24.1 Å². The van der Waals surface area contributed by atoms with E-state index < -0.39 is 5.82 Å². The first-order valence-corrected chi connectivity index (χ1v) is 9.91. The van der Waals surface area contributed by atoms with E-state index in [0.717, 1.165) is 16.8 Å². The lowest BCUT2D eigenvalue weighted by Gasteiger charge is -2.22. The van der Waals surface area contributed by atoms with Gasteiger partial charge in [-0.1, -0.05) is 0 Å². The molecule has 0 aliphatic carbocycles. The Bertz CT molecular complexity index is 1230. The molecule has 0 spiro atoms. The third-order valence-corrected chi connectivity index (χ3v) is 5.60. The summed E-state index contributed by atoms with van der Waals surface area (Å²) in [5, 5.41) is 0. The molecular weight excluding hydrogens is 394 g/mol. The van der Waals surface area contributed by atoms with Gasteiger partial charge in [-0.25, -0.2) is 13.8 Å². The van der Waals surface area contributed by atoms with Gasteiger partial charge in [-0.3, -0.25) is 14.2 Å². The zero-order valence-corrected chi connectivity index (χ0v) is 16.7. The van der Waals surface area contributed by atoms with Crippen molar-refractivity contribution in [2.24, 2.45) is 0 Å². The highest BCUT2D eigenvalue weighted by Gasteiger charge is 2.17. The maximum absolute atomic E-state index is 13.6. The smallest absolute Gasteiger partial charge is 0.259 e. The second-order valence-electron chi connectivity index (χ2n) is 6.59. The van der Waals surface area contributed by atoms with Gasteiger partial charge in [0.1, 0.15) is 11.6 Å². The largest absolute Gasteiger partial charge is 0.366 e. The Kier molecular flexibility index (Phi) is 5.10. The van der Waals surface area contributed by atoms with Gasteiger partial charge in [0.15, 0.2) is 4.96 Å². The van der Waals surface area contributed by atoms with Crippen LogP contribution in [-0.2, 0) is 6.54 Å². The number of anilines is 1. The van der Waals surface area contributed by atoms with E-state index in [9.17, 15) is 13.6 Å². The zero-order valence-electron chi connectivity index (χ0n) is 15.9. The summed E-state index contributed by atoms with van der Waals surface area (Å²) < 4.78 is 28.3. The minimum absolute atomic E-state index is 0.233. The summed E-state index contributed by atoms with van der Waals surface area (Å²) in [7, 11) is 0. The summed E-state index contributed by atoms with van der Waals surface area (Å²) >= 11 is 1.37. The molecule has 0 saturated heterocycles. The van der Waals surface area contributed by atoms with Crippen molar-refractivity contribution in [1.82, 2.24) is 14.4 Å². The van der Waals surface area contributed by atoms with E-state index in [1.54, 1.807) is 12.1 Å². The molecule has 3 heterocycles. The van der Waals surface area contributed by atoms with Gasteiger partial charge in [-0.2, -0.15) is 0 Å². The number of nitrogens with zero attached hydrogens (tertiary/aromatic N) is 4. The molecule has 0 aliphatic heterocycles. The van der Waals surface area contributed by atoms with Crippen LogP contribution in [0.5, 0.6) is 0 Å². The molecule has 0 N–H and O–H groups in total. The monoisotopic (exact) mass is 412 g/mol.